The highest BCUT2D eigenvalue weighted by Gasteiger charge is 2.34. The van der Waals surface area contributed by atoms with Gasteiger partial charge in [-0.25, -0.2) is 0 Å². The van der Waals surface area contributed by atoms with Gasteiger partial charge >= 0.3 is 0 Å². The second-order valence-corrected chi connectivity index (χ2v) is 10.2. The molecule has 0 aromatic heterocycles. The van der Waals surface area contributed by atoms with Crippen molar-refractivity contribution >= 4 is 39.5 Å². The first-order chi connectivity index (χ1) is 13.9. The third kappa shape index (κ3) is 5.94. The standard InChI is InChI=1S/C19H28N4O4S2/c1-16-5-4-6-17(13-16)20-18(24)14-28-15-19(25)21-9-11-23(12-10-21)29(26,27)22-7-2-3-8-22/h4-6,13H,2-3,7-12,14-15H2,1H3,(H,20,24). The summed E-state index contributed by atoms with van der Waals surface area (Å²) in [6.07, 6.45) is 1.82. The number of nitrogens with one attached hydrogen (secondary N) is 1. The summed E-state index contributed by atoms with van der Waals surface area (Å²) in [6.45, 7) is 4.56. The van der Waals surface area contributed by atoms with Crippen molar-refractivity contribution in [3.05, 3.63) is 29.8 Å². The zero-order chi connectivity index (χ0) is 20.9. The number of rotatable bonds is 7. The van der Waals surface area contributed by atoms with Crippen molar-refractivity contribution in [2.45, 2.75) is 19.8 Å². The fourth-order valence-corrected chi connectivity index (χ4v) is 5.88. The van der Waals surface area contributed by atoms with Crippen LogP contribution in [0.4, 0.5) is 5.69 Å². The molecule has 2 fully saturated rings. The third-order valence-electron chi connectivity index (χ3n) is 5.07. The summed E-state index contributed by atoms with van der Waals surface area (Å²) in [5.74, 6) is 0.204. The van der Waals surface area contributed by atoms with E-state index >= 15 is 0 Å². The predicted molar refractivity (Wildman–Crippen MR) is 115 cm³/mol. The average molecular weight is 441 g/mol. The van der Waals surface area contributed by atoms with Gasteiger partial charge in [0.15, 0.2) is 0 Å². The lowest BCUT2D eigenvalue weighted by Crippen LogP contribution is -2.54. The molecule has 0 unspecified atom stereocenters. The van der Waals surface area contributed by atoms with Crippen LogP contribution in [-0.2, 0) is 19.8 Å². The van der Waals surface area contributed by atoms with Gasteiger partial charge in [0, 0.05) is 45.0 Å². The zero-order valence-corrected chi connectivity index (χ0v) is 18.3. The number of hydrogen-bond acceptors (Lipinski definition) is 5. The van der Waals surface area contributed by atoms with Gasteiger partial charge in [-0.1, -0.05) is 12.1 Å². The molecule has 2 amide bonds. The molecule has 1 aromatic rings. The van der Waals surface area contributed by atoms with Crippen LogP contribution in [0.15, 0.2) is 24.3 Å². The molecule has 2 saturated heterocycles. The first kappa shape index (κ1) is 22.1. The predicted octanol–water partition coefficient (Wildman–Crippen LogP) is 1.15. The second-order valence-electron chi connectivity index (χ2n) is 7.30. The monoisotopic (exact) mass is 440 g/mol. The Morgan fingerprint density at radius 2 is 1.66 bits per heavy atom. The lowest BCUT2D eigenvalue weighted by molar-refractivity contribution is -0.129. The van der Waals surface area contributed by atoms with Crippen LogP contribution in [0.2, 0.25) is 0 Å². The SMILES string of the molecule is Cc1cccc(NC(=O)CSCC(=O)N2CCN(S(=O)(=O)N3CCCC3)CC2)c1. The van der Waals surface area contributed by atoms with Crippen LogP contribution in [0.25, 0.3) is 0 Å². The quantitative estimate of drug-likeness (QED) is 0.687. The molecule has 0 spiro atoms. The van der Waals surface area contributed by atoms with Crippen LogP contribution in [0.5, 0.6) is 0 Å². The van der Waals surface area contributed by atoms with E-state index < -0.39 is 10.2 Å². The first-order valence-electron chi connectivity index (χ1n) is 9.83. The molecule has 2 aliphatic rings. The number of carbonyl (C=O) groups excluding carboxylic acids is 2. The molecule has 8 nitrogen and oxygen atoms in total. The average Bonchev–Trinajstić information content (AvgIpc) is 3.24. The van der Waals surface area contributed by atoms with Gasteiger partial charge < -0.3 is 10.2 Å². The molecule has 0 aliphatic carbocycles. The Balaban J connectivity index is 1.38. The topological polar surface area (TPSA) is 90.0 Å². The van der Waals surface area contributed by atoms with E-state index in [2.05, 4.69) is 5.32 Å². The molecule has 10 heteroatoms. The number of piperazine rings is 1. The number of amides is 2. The van der Waals surface area contributed by atoms with Gasteiger partial charge in [0.05, 0.1) is 11.5 Å². The van der Waals surface area contributed by atoms with Gasteiger partial charge in [-0.3, -0.25) is 9.59 Å². The maximum atomic E-state index is 12.6. The molecular formula is C19H28N4O4S2. The number of thioether (sulfide) groups is 1. The highest BCUT2D eigenvalue weighted by molar-refractivity contribution is 8.00. The van der Waals surface area contributed by atoms with E-state index in [-0.39, 0.29) is 23.3 Å². The second kappa shape index (κ2) is 9.92. The summed E-state index contributed by atoms with van der Waals surface area (Å²) in [4.78, 5) is 26.1. The van der Waals surface area contributed by atoms with Gasteiger partial charge in [-0.15, -0.1) is 11.8 Å². The van der Waals surface area contributed by atoms with Crippen molar-refractivity contribution in [1.82, 2.24) is 13.5 Å². The fraction of sp³-hybridized carbons (Fsp3) is 0.579. The molecule has 29 heavy (non-hydrogen) atoms. The largest absolute Gasteiger partial charge is 0.339 e. The van der Waals surface area contributed by atoms with Crippen LogP contribution >= 0.6 is 11.8 Å². The summed E-state index contributed by atoms with van der Waals surface area (Å²) >= 11 is 1.27. The Morgan fingerprint density at radius 1 is 1.00 bits per heavy atom. The van der Waals surface area contributed by atoms with Crippen LogP contribution < -0.4 is 5.32 Å². The van der Waals surface area contributed by atoms with E-state index in [0.29, 0.717) is 39.3 Å². The summed E-state index contributed by atoms with van der Waals surface area (Å²) < 4.78 is 28.2. The number of benzene rings is 1. The summed E-state index contributed by atoms with van der Waals surface area (Å²) in [6, 6.07) is 7.56. The summed E-state index contributed by atoms with van der Waals surface area (Å²) in [5.41, 5.74) is 1.81. The van der Waals surface area contributed by atoms with Crippen LogP contribution in [0.1, 0.15) is 18.4 Å². The highest BCUT2D eigenvalue weighted by atomic mass is 32.2. The molecule has 160 valence electrons. The Kier molecular flexibility index (Phi) is 7.55. The highest BCUT2D eigenvalue weighted by Crippen LogP contribution is 2.18. The van der Waals surface area contributed by atoms with Crippen molar-refractivity contribution in [1.29, 1.82) is 0 Å². The van der Waals surface area contributed by atoms with E-state index in [9.17, 15) is 18.0 Å². The summed E-state index contributed by atoms with van der Waals surface area (Å²) in [7, 11) is -3.40. The number of hydrogen-bond donors (Lipinski definition) is 1. The molecular weight excluding hydrogens is 412 g/mol. The lowest BCUT2D eigenvalue weighted by Gasteiger charge is -2.35. The molecule has 0 radical (unpaired) electrons. The maximum absolute atomic E-state index is 12.6. The molecule has 1 aromatic carbocycles. The zero-order valence-electron chi connectivity index (χ0n) is 16.7. The van der Waals surface area contributed by atoms with Crippen LogP contribution in [-0.4, -0.2) is 84.5 Å². The molecule has 1 N–H and O–H groups in total. The molecule has 0 saturated carbocycles. The van der Waals surface area contributed by atoms with Crippen molar-refractivity contribution in [3.63, 3.8) is 0 Å². The Hall–Kier alpha value is -1.62. The van der Waals surface area contributed by atoms with Gasteiger partial charge in [0.1, 0.15) is 0 Å². The van der Waals surface area contributed by atoms with Crippen molar-refractivity contribution in [2.75, 3.05) is 56.1 Å². The maximum Gasteiger partial charge on any atom is 0.282 e. The summed E-state index contributed by atoms with van der Waals surface area (Å²) in [5, 5.41) is 2.82. The van der Waals surface area contributed by atoms with E-state index in [0.717, 1.165) is 24.1 Å². The van der Waals surface area contributed by atoms with Crippen molar-refractivity contribution < 1.29 is 18.0 Å². The van der Waals surface area contributed by atoms with Crippen LogP contribution in [0.3, 0.4) is 0 Å². The third-order valence-corrected chi connectivity index (χ3v) is 8.02. The van der Waals surface area contributed by atoms with E-state index in [1.807, 2.05) is 31.2 Å². The molecule has 0 bridgehead atoms. The van der Waals surface area contributed by atoms with Gasteiger partial charge in [-0.05, 0) is 37.5 Å². The molecule has 2 heterocycles. The minimum atomic E-state index is -3.40. The fourth-order valence-electron chi connectivity index (χ4n) is 3.49. The minimum Gasteiger partial charge on any atom is -0.339 e. The lowest BCUT2D eigenvalue weighted by atomic mass is 10.2. The van der Waals surface area contributed by atoms with Gasteiger partial charge in [-0.2, -0.15) is 17.0 Å². The molecule has 2 aliphatic heterocycles. The smallest absolute Gasteiger partial charge is 0.282 e. The number of carbonyl (C=O) groups is 2. The normalized spacial score (nSPS) is 18.7. The van der Waals surface area contributed by atoms with E-state index in [1.165, 1.54) is 20.4 Å². The van der Waals surface area contributed by atoms with E-state index in [1.54, 1.807) is 4.90 Å². The van der Waals surface area contributed by atoms with Crippen molar-refractivity contribution in [2.24, 2.45) is 0 Å². The van der Waals surface area contributed by atoms with Crippen LogP contribution in [0, 0.1) is 6.92 Å². The van der Waals surface area contributed by atoms with Crippen molar-refractivity contribution in [3.8, 4) is 0 Å². The Bertz CT molecular complexity index is 832. The Morgan fingerprint density at radius 3 is 2.31 bits per heavy atom. The number of aryl methyl sites for hydroxylation is 1. The Labute approximate surface area is 176 Å². The molecule has 0 atom stereocenters. The van der Waals surface area contributed by atoms with Gasteiger partial charge in [0.25, 0.3) is 10.2 Å². The number of nitrogens with zero attached hydrogens (tertiary/aromatic N) is 3. The minimum absolute atomic E-state index is 0.0587. The molecule has 3 rings (SSSR count). The van der Waals surface area contributed by atoms with E-state index in [4.69, 9.17) is 0 Å². The first-order valence-corrected chi connectivity index (χ1v) is 12.4. The number of anilines is 1. The van der Waals surface area contributed by atoms with Gasteiger partial charge in [0.2, 0.25) is 11.8 Å².